The molecule has 2 rings (SSSR count). The summed E-state index contributed by atoms with van der Waals surface area (Å²) in [7, 11) is 0. The third-order valence-electron chi connectivity index (χ3n) is 2.57. The van der Waals surface area contributed by atoms with Gasteiger partial charge in [-0.15, -0.1) is 0 Å². The number of benzene rings is 1. The van der Waals surface area contributed by atoms with Gasteiger partial charge in [0, 0.05) is 24.9 Å². The molecule has 94 valence electrons. The third kappa shape index (κ3) is 3.28. The molecular formula is C14H15FN2O. The summed E-state index contributed by atoms with van der Waals surface area (Å²) in [6.45, 7) is 0.723. The normalized spacial score (nSPS) is 10.3. The lowest BCUT2D eigenvalue weighted by atomic mass is 10.2. The minimum Gasteiger partial charge on any atom is -0.490 e. The molecule has 0 spiro atoms. The Labute approximate surface area is 105 Å². The molecule has 1 aromatic carbocycles. The summed E-state index contributed by atoms with van der Waals surface area (Å²) >= 11 is 0. The fourth-order valence-corrected chi connectivity index (χ4v) is 1.60. The van der Waals surface area contributed by atoms with Crippen molar-refractivity contribution in [1.82, 2.24) is 4.98 Å². The molecule has 2 N–H and O–H groups in total. The van der Waals surface area contributed by atoms with E-state index in [0.29, 0.717) is 19.6 Å². The number of aromatic nitrogens is 1. The number of halogens is 1. The van der Waals surface area contributed by atoms with Crippen LogP contribution in [0.25, 0.3) is 0 Å². The second-order valence-electron chi connectivity index (χ2n) is 3.89. The van der Waals surface area contributed by atoms with Gasteiger partial charge in [0.25, 0.3) is 0 Å². The van der Waals surface area contributed by atoms with Crippen molar-refractivity contribution in [3.8, 4) is 5.75 Å². The molecule has 2 aromatic rings. The Bertz CT molecular complexity index is 502. The van der Waals surface area contributed by atoms with E-state index < -0.39 is 0 Å². The molecule has 0 unspecified atom stereocenters. The molecule has 0 radical (unpaired) electrons. The minimum absolute atomic E-state index is 0.253. The van der Waals surface area contributed by atoms with E-state index in [9.17, 15) is 4.39 Å². The van der Waals surface area contributed by atoms with E-state index in [1.165, 1.54) is 6.07 Å². The maximum Gasteiger partial charge on any atom is 0.165 e. The smallest absolute Gasteiger partial charge is 0.165 e. The highest BCUT2D eigenvalue weighted by Crippen LogP contribution is 2.18. The van der Waals surface area contributed by atoms with E-state index in [4.69, 9.17) is 10.5 Å². The predicted octanol–water partition coefficient (Wildman–Crippen LogP) is 2.30. The molecular weight excluding hydrogens is 231 g/mol. The van der Waals surface area contributed by atoms with Crippen molar-refractivity contribution in [2.75, 3.05) is 6.61 Å². The van der Waals surface area contributed by atoms with Gasteiger partial charge in [0.1, 0.15) is 0 Å². The van der Waals surface area contributed by atoms with Gasteiger partial charge in [0.15, 0.2) is 11.6 Å². The molecule has 0 atom stereocenters. The van der Waals surface area contributed by atoms with Gasteiger partial charge >= 0.3 is 0 Å². The average Bonchev–Trinajstić information content (AvgIpc) is 2.42. The van der Waals surface area contributed by atoms with Crippen LogP contribution in [0.2, 0.25) is 0 Å². The highest BCUT2D eigenvalue weighted by Gasteiger charge is 2.04. The van der Waals surface area contributed by atoms with Crippen molar-refractivity contribution in [3.05, 3.63) is 59.7 Å². The summed E-state index contributed by atoms with van der Waals surface area (Å²) in [5, 5.41) is 0. The summed E-state index contributed by atoms with van der Waals surface area (Å²) in [6.07, 6.45) is 2.38. The maximum atomic E-state index is 13.6. The van der Waals surface area contributed by atoms with Crippen molar-refractivity contribution in [2.24, 2.45) is 5.73 Å². The molecule has 3 nitrogen and oxygen atoms in total. The van der Waals surface area contributed by atoms with E-state index in [1.807, 2.05) is 18.2 Å². The number of hydrogen-bond donors (Lipinski definition) is 1. The number of ether oxygens (including phenoxy) is 1. The molecule has 1 heterocycles. The standard InChI is InChI=1S/C14H15FN2O/c15-13-9-11(10-16)4-5-14(13)18-8-6-12-3-1-2-7-17-12/h1-5,7,9H,6,8,10,16H2. The molecule has 18 heavy (non-hydrogen) atoms. The van der Waals surface area contributed by atoms with Gasteiger partial charge < -0.3 is 10.5 Å². The second-order valence-corrected chi connectivity index (χ2v) is 3.89. The van der Waals surface area contributed by atoms with Gasteiger partial charge in [-0.1, -0.05) is 12.1 Å². The van der Waals surface area contributed by atoms with Gasteiger partial charge in [0.2, 0.25) is 0 Å². The Morgan fingerprint density at radius 1 is 1.22 bits per heavy atom. The summed E-state index contributed by atoms with van der Waals surface area (Å²) in [6, 6.07) is 10.5. The van der Waals surface area contributed by atoms with Crippen LogP contribution in [-0.2, 0) is 13.0 Å². The maximum absolute atomic E-state index is 13.6. The Kier molecular flexibility index (Phi) is 4.25. The Balaban J connectivity index is 1.91. The second kappa shape index (κ2) is 6.12. The SMILES string of the molecule is NCc1ccc(OCCc2ccccn2)c(F)c1. The van der Waals surface area contributed by atoms with E-state index in [0.717, 1.165) is 11.3 Å². The quantitative estimate of drug-likeness (QED) is 0.880. The monoisotopic (exact) mass is 246 g/mol. The molecule has 0 saturated heterocycles. The minimum atomic E-state index is -0.376. The highest BCUT2D eigenvalue weighted by molar-refractivity contribution is 5.29. The van der Waals surface area contributed by atoms with Crippen LogP contribution in [0.5, 0.6) is 5.75 Å². The van der Waals surface area contributed by atoms with E-state index >= 15 is 0 Å². The number of nitrogens with two attached hydrogens (primary N) is 1. The molecule has 0 fully saturated rings. The van der Waals surface area contributed by atoms with Crippen LogP contribution in [0.4, 0.5) is 4.39 Å². The van der Waals surface area contributed by atoms with Gasteiger partial charge in [0.05, 0.1) is 6.61 Å². The summed E-state index contributed by atoms with van der Waals surface area (Å²) in [5.41, 5.74) is 7.11. The third-order valence-corrected chi connectivity index (χ3v) is 2.57. The first kappa shape index (κ1) is 12.5. The first-order chi connectivity index (χ1) is 8.79. The zero-order valence-corrected chi connectivity index (χ0v) is 9.97. The Morgan fingerprint density at radius 2 is 2.11 bits per heavy atom. The van der Waals surface area contributed by atoms with Crippen LogP contribution in [0.15, 0.2) is 42.6 Å². The van der Waals surface area contributed by atoms with Crippen molar-refractivity contribution < 1.29 is 9.13 Å². The van der Waals surface area contributed by atoms with Crippen LogP contribution < -0.4 is 10.5 Å². The number of hydrogen-bond acceptors (Lipinski definition) is 3. The van der Waals surface area contributed by atoms with Crippen molar-refractivity contribution in [1.29, 1.82) is 0 Å². The van der Waals surface area contributed by atoms with Crippen molar-refractivity contribution >= 4 is 0 Å². The van der Waals surface area contributed by atoms with Crippen molar-refractivity contribution in [3.63, 3.8) is 0 Å². The lowest BCUT2D eigenvalue weighted by molar-refractivity contribution is 0.304. The molecule has 0 aliphatic rings. The number of pyridine rings is 1. The molecule has 0 aliphatic carbocycles. The fourth-order valence-electron chi connectivity index (χ4n) is 1.60. The van der Waals surface area contributed by atoms with E-state index in [-0.39, 0.29) is 11.6 Å². The topological polar surface area (TPSA) is 48.1 Å². The molecule has 0 saturated carbocycles. The zero-order valence-electron chi connectivity index (χ0n) is 9.97. The van der Waals surface area contributed by atoms with Gasteiger partial charge in [-0.3, -0.25) is 4.98 Å². The summed E-state index contributed by atoms with van der Waals surface area (Å²) < 4.78 is 19.0. The lowest BCUT2D eigenvalue weighted by Crippen LogP contribution is -2.04. The van der Waals surface area contributed by atoms with Gasteiger partial charge in [-0.2, -0.15) is 0 Å². The average molecular weight is 246 g/mol. The predicted molar refractivity (Wildman–Crippen MR) is 67.7 cm³/mol. The molecule has 0 bridgehead atoms. The fraction of sp³-hybridized carbons (Fsp3) is 0.214. The Hall–Kier alpha value is -1.94. The van der Waals surface area contributed by atoms with E-state index in [1.54, 1.807) is 18.3 Å². The first-order valence-electron chi connectivity index (χ1n) is 5.81. The molecule has 4 heteroatoms. The molecule has 1 aromatic heterocycles. The van der Waals surface area contributed by atoms with Gasteiger partial charge in [-0.05, 0) is 29.8 Å². The van der Waals surface area contributed by atoms with Crippen molar-refractivity contribution in [2.45, 2.75) is 13.0 Å². The van der Waals surface area contributed by atoms with Crippen LogP contribution in [0.3, 0.4) is 0 Å². The summed E-state index contributed by atoms with van der Waals surface area (Å²) in [5.74, 6) is -0.123. The summed E-state index contributed by atoms with van der Waals surface area (Å²) in [4.78, 5) is 4.17. The van der Waals surface area contributed by atoms with Crippen LogP contribution >= 0.6 is 0 Å². The molecule has 0 amide bonds. The lowest BCUT2D eigenvalue weighted by Gasteiger charge is -2.07. The van der Waals surface area contributed by atoms with Crippen LogP contribution in [0.1, 0.15) is 11.3 Å². The first-order valence-corrected chi connectivity index (χ1v) is 5.81. The number of nitrogens with zero attached hydrogens (tertiary/aromatic N) is 1. The van der Waals surface area contributed by atoms with Crippen LogP contribution in [-0.4, -0.2) is 11.6 Å². The molecule has 0 aliphatic heterocycles. The largest absolute Gasteiger partial charge is 0.490 e. The zero-order chi connectivity index (χ0) is 12.8. The number of rotatable bonds is 5. The highest BCUT2D eigenvalue weighted by atomic mass is 19.1. The van der Waals surface area contributed by atoms with Gasteiger partial charge in [-0.25, -0.2) is 4.39 Å². The van der Waals surface area contributed by atoms with Crippen LogP contribution in [0, 0.1) is 5.82 Å². The Morgan fingerprint density at radius 3 is 2.78 bits per heavy atom. The van der Waals surface area contributed by atoms with E-state index in [2.05, 4.69) is 4.98 Å².